The van der Waals surface area contributed by atoms with Crippen molar-refractivity contribution in [3.8, 4) is 5.88 Å². The van der Waals surface area contributed by atoms with E-state index in [4.69, 9.17) is 15.8 Å². The third-order valence-electron chi connectivity index (χ3n) is 3.56. The second-order valence-corrected chi connectivity index (χ2v) is 7.79. The van der Waals surface area contributed by atoms with E-state index in [1.54, 1.807) is 31.2 Å². The van der Waals surface area contributed by atoms with Crippen LogP contribution in [0.15, 0.2) is 36.4 Å². The second-order valence-electron chi connectivity index (χ2n) is 5.80. The summed E-state index contributed by atoms with van der Waals surface area (Å²) in [5.74, 6) is -0.536. The Morgan fingerprint density at radius 2 is 2.00 bits per heavy atom. The predicted octanol–water partition coefficient (Wildman–Crippen LogP) is 3.77. The SMILES string of the molecule is CCC/C=C/Cn1nc(C)c(C(=O)c2ccccc2Cl)c1OS(C)(=O)=O. The van der Waals surface area contributed by atoms with Crippen molar-refractivity contribution >= 4 is 27.5 Å². The number of rotatable bonds is 8. The maximum Gasteiger partial charge on any atom is 0.307 e. The molecule has 0 saturated carbocycles. The zero-order valence-corrected chi connectivity index (χ0v) is 16.5. The van der Waals surface area contributed by atoms with Gasteiger partial charge in [-0.25, -0.2) is 4.68 Å². The standard InChI is InChI=1S/C18H21ClN2O4S/c1-4-5-6-9-12-21-18(25-26(3,23)24)16(13(2)20-21)17(22)14-10-7-8-11-15(14)19/h6-11H,4-5,12H2,1-3H3/b9-6+. The summed E-state index contributed by atoms with van der Waals surface area (Å²) in [5, 5.41) is 4.56. The van der Waals surface area contributed by atoms with E-state index in [0.717, 1.165) is 19.1 Å². The van der Waals surface area contributed by atoms with Crippen LogP contribution in [-0.2, 0) is 16.7 Å². The summed E-state index contributed by atoms with van der Waals surface area (Å²) in [5.41, 5.74) is 0.724. The molecule has 0 fully saturated rings. The number of benzene rings is 1. The molecule has 8 heteroatoms. The Morgan fingerprint density at radius 1 is 1.31 bits per heavy atom. The highest BCUT2D eigenvalue weighted by Crippen LogP contribution is 2.29. The van der Waals surface area contributed by atoms with Crippen molar-refractivity contribution in [2.75, 3.05) is 6.26 Å². The van der Waals surface area contributed by atoms with Crippen LogP contribution in [-0.4, -0.2) is 30.2 Å². The first kappa shape index (κ1) is 20.2. The molecule has 140 valence electrons. The lowest BCUT2D eigenvalue weighted by Gasteiger charge is -2.08. The van der Waals surface area contributed by atoms with Gasteiger partial charge in [0.15, 0.2) is 0 Å². The quantitative estimate of drug-likeness (QED) is 0.385. The number of hydrogen-bond acceptors (Lipinski definition) is 5. The molecule has 6 nitrogen and oxygen atoms in total. The van der Waals surface area contributed by atoms with Crippen molar-refractivity contribution in [2.24, 2.45) is 0 Å². The summed E-state index contributed by atoms with van der Waals surface area (Å²) < 4.78 is 29.9. The van der Waals surface area contributed by atoms with Gasteiger partial charge in [-0.05, 0) is 25.5 Å². The Hall–Kier alpha value is -2.12. The Morgan fingerprint density at radius 3 is 2.62 bits per heavy atom. The molecule has 0 bridgehead atoms. The van der Waals surface area contributed by atoms with Crippen molar-refractivity contribution in [1.29, 1.82) is 0 Å². The van der Waals surface area contributed by atoms with Crippen LogP contribution in [0.4, 0.5) is 0 Å². The summed E-state index contributed by atoms with van der Waals surface area (Å²) in [6, 6.07) is 6.57. The molecule has 2 rings (SSSR count). The highest BCUT2D eigenvalue weighted by Gasteiger charge is 2.27. The Labute approximate surface area is 158 Å². The van der Waals surface area contributed by atoms with Crippen LogP contribution in [0, 0.1) is 6.92 Å². The molecule has 0 atom stereocenters. The van der Waals surface area contributed by atoms with Crippen LogP contribution < -0.4 is 4.18 Å². The van der Waals surface area contributed by atoms with Crippen molar-refractivity contribution in [1.82, 2.24) is 9.78 Å². The number of nitrogens with zero attached hydrogens (tertiary/aromatic N) is 2. The molecular formula is C18H21ClN2O4S. The fraction of sp³-hybridized carbons (Fsp3) is 0.333. The van der Waals surface area contributed by atoms with Gasteiger partial charge in [-0.15, -0.1) is 0 Å². The number of aromatic nitrogens is 2. The normalized spacial score (nSPS) is 11.8. The van der Waals surface area contributed by atoms with Crippen LogP contribution in [0.5, 0.6) is 5.88 Å². The number of unbranched alkanes of at least 4 members (excludes halogenated alkanes) is 1. The molecule has 0 unspecified atom stereocenters. The van der Waals surface area contributed by atoms with E-state index < -0.39 is 15.9 Å². The lowest BCUT2D eigenvalue weighted by molar-refractivity contribution is 0.103. The van der Waals surface area contributed by atoms with Crippen molar-refractivity contribution < 1.29 is 17.4 Å². The van der Waals surface area contributed by atoms with E-state index in [0.29, 0.717) is 12.2 Å². The van der Waals surface area contributed by atoms with Crippen molar-refractivity contribution in [3.05, 3.63) is 58.3 Å². The molecule has 0 aliphatic heterocycles. The third kappa shape index (κ3) is 4.95. The van der Waals surface area contributed by atoms with Crippen LogP contribution >= 0.6 is 11.6 Å². The fourth-order valence-corrected chi connectivity index (χ4v) is 3.09. The summed E-state index contributed by atoms with van der Waals surface area (Å²) in [6.45, 7) is 3.98. The predicted molar refractivity (Wildman–Crippen MR) is 101 cm³/mol. The number of aryl methyl sites for hydroxylation is 1. The molecule has 0 N–H and O–H groups in total. The molecule has 2 aromatic rings. The highest BCUT2D eigenvalue weighted by atomic mass is 35.5. The van der Waals surface area contributed by atoms with Gasteiger partial charge in [0.1, 0.15) is 5.56 Å². The fourth-order valence-electron chi connectivity index (χ4n) is 2.41. The van der Waals surface area contributed by atoms with Crippen LogP contribution in [0.3, 0.4) is 0 Å². The Balaban J connectivity index is 2.52. The summed E-state index contributed by atoms with van der Waals surface area (Å²) in [7, 11) is -3.84. The van der Waals surface area contributed by atoms with Gasteiger partial charge < -0.3 is 4.18 Å². The maximum atomic E-state index is 13.0. The van der Waals surface area contributed by atoms with Gasteiger partial charge >= 0.3 is 10.1 Å². The zero-order valence-electron chi connectivity index (χ0n) is 14.9. The van der Waals surface area contributed by atoms with E-state index >= 15 is 0 Å². The topological polar surface area (TPSA) is 78.3 Å². The van der Waals surface area contributed by atoms with E-state index in [2.05, 4.69) is 12.0 Å². The minimum absolute atomic E-state index is 0.0902. The zero-order chi connectivity index (χ0) is 19.3. The third-order valence-corrected chi connectivity index (χ3v) is 4.35. The van der Waals surface area contributed by atoms with E-state index in [1.807, 2.05) is 12.2 Å². The van der Waals surface area contributed by atoms with E-state index in [9.17, 15) is 13.2 Å². The Bertz CT molecular complexity index is 933. The lowest BCUT2D eigenvalue weighted by atomic mass is 10.0. The minimum Gasteiger partial charge on any atom is -0.361 e. The molecule has 1 aromatic carbocycles. The van der Waals surface area contributed by atoms with Gasteiger partial charge in [0, 0.05) is 5.56 Å². The molecule has 0 saturated heterocycles. The minimum atomic E-state index is -3.84. The van der Waals surface area contributed by atoms with Gasteiger partial charge in [-0.2, -0.15) is 13.5 Å². The largest absolute Gasteiger partial charge is 0.361 e. The second kappa shape index (κ2) is 8.51. The summed E-state index contributed by atoms with van der Waals surface area (Å²) in [4.78, 5) is 13.0. The van der Waals surface area contributed by atoms with Gasteiger partial charge in [-0.3, -0.25) is 4.79 Å². The highest BCUT2D eigenvalue weighted by molar-refractivity contribution is 7.86. The lowest BCUT2D eigenvalue weighted by Crippen LogP contribution is -2.13. The number of hydrogen-bond donors (Lipinski definition) is 0. The molecule has 0 aliphatic rings. The molecule has 0 aliphatic carbocycles. The van der Waals surface area contributed by atoms with Gasteiger partial charge in [0.2, 0.25) is 11.7 Å². The average molecular weight is 397 g/mol. The first-order valence-corrected chi connectivity index (χ1v) is 10.3. The molecule has 0 spiro atoms. The average Bonchev–Trinajstić information content (AvgIpc) is 2.85. The molecular weight excluding hydrogens is 376 g/mol. The smallest absolute Gasteiger partial charge is 0.307 e. The molecule has 1 aromatic heterocycles. The number of carbonyl (C=O) groups excluding carboxylic acids is 1. The molecule has 0 amide bonds. The first-order chi connectivity index (χ1) is 12.2. The Kier molecular flexibility index (Phi) is 6.61. The van der Waals surface area contributed by atoms with Crippen molar-refractivity contribution in [2.45, 2.75) is 33.2 Å². The number of carbonyl (C=O) groups is 1. The number of ketones is 1. The van der Waals surface area contributed by atoms with Crippen LogP contribution in [0.25, 0.3) is 0 Å². The number of halogens is 1. The van der Waals surface area contributed by atoms with Crippen LogP contribution in [0.2, 0.25) is 5.02 Å². The van der Waals surface area contributed by atoms with Gasteiger partial charge in [0.25, 0.3) is 0 Å². The molecule has 26 heavy (non-hydrogen) atoms. The van der Waals surface area contributed by atoms with Crippen LogP contribution in [0.1, 0.15) is 41.4 Å². The van der Waals surface area contributed by atoms with E-state index in [1.165, 1.54) is 4.68 Å². The number of allylic oxidation sites excluding steroid dienone is 2. The molecule has 1 heterocycles. The van der Waals surface area contributed by atoms with Gasteiger partial charge in [0.05, 0.1) is 23.5 Å². The first-order valence-electron chi connectivity index (χ1n) is 8.15. The summed E-state index contributed by atoms with van der Waals surface area (Å²) in [6.07, 6.45) is 6.65. The van der Waals surface area contributed by atoms with E-state index in [-0.39, 0.29) is 22.0 Å². The summed E-state index contributed by atoms with van der Waals surface area (Å²) >= 11 is 6.11. The monoisotopic (exact) mass is 396 g/mol. The maximum absolute atomic E-state index is 13.0. The van der Waals surface area contributed by atoms with Gasteiger partial charge in [-0.1, -0.05) is 49.2 Å². The molecule has 0 radical (unpaired) electrons. The van der Waals surface area contributed by atoms with Crippen molar-refractivity contribution in [3.63, 3.8) is 0 Å².